The highest BCUT2D eigenvalue weighted by molar-refractivity contribution is 7.78. The molecule has 3 heteroatoms. The maximum absolute atomic E-state index is 13.7. The third kappa shape index (κ3) is 2.72. The van der Waals surface area contributed by atoms with Crippen LogP contribution in [0.25, 0.3) is 0 Å². The first-order chi connectivity index (χ1) is 9.79. The summed E-state index contributed by atoms with van der Waals surface area (Å²) in [5.41, 5.74) is 0. The van der Waals surface area contributed by atoms with Crippen molar-refractivity contribution in [2.75, 3.05) is 19.4 Å². The Morgan fingerprint density at radius 1 is 0.950 bits per heavy atom. The topological polar surface area (TPSA) is 26.3 Å². The van der Waals surface area contributed by atoms with Gasteiger partial charge in [-0.3, -0.25) is 0 Å². The third-order valence-corrected chi connectivity index (χ3v) is 7.18. The van der Waals surface area contributed by atoms with Crippen molar-refractivity contribution in [1.82, 2.24) is 0 Å². The molecule has 2 aromatic carbocycles. The standard InChI is InChI=1S/C17H19O2P/c18-20(14-15-11-12-19-13-15,16-7-3-1-4-8-16)17-9-5-2-6-10-17/h1-10,15H,11-14H2. The molecule has 3 rings (SSSR count). The van der Waals surface area contributed by atoms with Gasteiger partial charge in [-0.2, -0.15) is 0 Å². The lowest BCUT2D eigenvalue weighted by atomic mass is 10.2. The Balaban J connectivity index is 2.00. The fraction of sp³-hybridized carbons (Fsp3) is 0.294. The van der Waals surface area contributed by atoms with Gasteiger partial charge in [0.15, 0.2) is 0 Å². The minimum Gasteiger partial charge on any atom is -0.381 e. The zero-order valence-corrected chi connectivity index (χ0v) is 12.3. The molecule has 0 radical (unpaired) electrons. The number of rotatable bonds is 4. The van der Waals surface area contributed by atoms with Gasteiger partial charge in [0.2, 0.25) is 0 Å². The molecule has 0 spiro atoms. The molecule has 1 fully saturated rings. The van der Waals surface area contributed by atoms with E-state index in [0.29, 0.717) is 12.1 Å². The molecule has 0 saturated carbocycles. The van der Waals surface area contributed by atoms with Crippen molar-refractivity contribution in [2.24, 2.45) is 5.92 Å². The van der Waals surface area contributed by atoms with E-state index in [1.54, 1.807) is 0 Å². The van der Waals surface area contributed by atoms with E-state index in [1.165, 1.54) is 0 Å². The molecule has 2 nitrogen and oxygen atoms in total. The molecule has 0 bridgehead atoms. The van der Waals surface area contributed by atoms with Crippen molar-refractivity contribution in [3.8, 4) is 0 Å². The molecule has 1 aliphatic heterocycles. The Kier molecular flexibility index (Phi) is 4.05. The summed E-state index contributed by atoms with van der Waals surface area (Å²) >= 11 is 0. The van der Waals surface area contributed by atoms with E-state index >= 15 is 0 Å². The van der Waals surface area contributed by atoms with Gasteiger partial charge in [-0.05, 0) is 12.3 Å². The smallest absolute Gasteiger partial charge is 0.143 e. The van der Waals surface area contributed by atoms with Crippen LogP contribution in [0.15, 0.2) is 60.7 Å². The molecule has 104 valence electrons. The summed E-state index contributed by atoms with van der Waals surface area (Å²) < 4.78 is 19.2. The third-order valence-electron chi connectivity index (χ3n) is 3.89. The molecule has 0 aromatic heterocycles. The van der Waals surface area contributed by atoms with E-state index in [4.69, 9.17) is 4.74 Å². The van der Waals surface area contributed by atoms with Crippen molar-refractivity contribution in [3.05, 3.63) is 60.7 Å². The Hall–Kier alpha value is -1.37. The fourth-order valence-electron chi connectivity index (χ4n) is 2.79. The van der Waals surface area contributed by atoms with Crippen LogP contribution in [0.2, 0.25) is 0 Å². The SMILES string of the molecule is O=P(CC1CCOC1)(c1ccccc1)c1ccccc1. The van der Waals surface area contributed by atoms with Gasteiger partial charge in [0, 0.05) is 30.0 Å². The van der Waals surface area contributed by atoms with E-state index in [0.717, 1.165) is 30.2 Å². The van der Waals surface area contributed by atoms with Gasteiger partial charge in [-0.15, -0.1) is 0 Å². The summed E-state index contributed by atoms with van der Waals surface area (Å²) in [4.78, 5) is 0. The van der Waals surface area contributed by atoms with Crippen LogP contribution in [-0.4, -0.2) is 19.4 Å². The van der Waals surface area contributed by atoms with Crippen LogP contribution < -0.4 is 10.6 Å². The van der Waals surface area contributed by atoms with Crippen LogP contribution >= 0.6 is 7.14 Å². The van der Waals surface area contributed by atoms with E-state index in [2.05, 4.69) is 0 Å². The lowest BCUT2D eigenvalue weighted by Gasteiger charge is -2.22. The average molecular weight is 286 g/mol. The zero-order valence-electron chi connectivity index (χ0n) is 11.4. The summed E-state index contributed by atoms with van der Waals surface area (Å²) in [6.45, 7) is 1.54. The molecule has 1 aliphatic rings. The predicted molar refractivity (Wildman–Crippen MR) is 83.6 cm³/mol. The molecule has 0 amide bonds. The van der Waals surface area contributed by atoms with Gasteiger partial charge in [0.1, 0.15) is 7.14 Å². The van der Waals surface area contributed by atoms with Crippen molar-refractivity contribution in [2.45, 2.75) is 6.42 Å². The highest BCUT2D eigenvalue weighted by Crippen LogP contribution is 2.46. The van der Waals surface area contributed by atoms with Crippen LogP contribution in [0, 0.1) is 5.92 Å². The van der Waals surface area contributed by atoms with E-state index in [1.807, 2.05) is 60.7 Å². The van der Waals surface area contributed by atoms with Gasteiger partial charge in [-0.1, -0.05) is 60.7 Å². The number of benzene rings is 2. The van der Waals surface area contributed by atoms with Gasteiger partial charge in [0.05, 0.1) is 0 Å². The summed E-state index contributed by atoms with van der Waals surface area (Å²) in [5, 5.41) is 1.91. The van der Waals surface area contributed by atoms with Gasteiger partial charge >= 0.3 is 0 Å². The summed E-state index contributed by atoms with van der Waals surface area (Å²) in [6.07, 6.45) is 1.73. The minimum atomic E-state index is -2.55. The first kappa shape index (κ1) is 13.6. The Morgan fingerprint density at radius 3 is 1.95 bits per heavy atom. The van der Waals surface area contributed by atoms with Crippen molar-refractivity contribution in [1.29, 1.82) is 0 Å². The highest BCUT2D eigenvalue weighted by Gasteiger charge is 2.32. The number of hydrogen-bond donors (Lipinski definition) is 0. The molecule has 1 heterocycles. The Morgan fingerprint density at radius 2 is 1.50 bits per heavy atom. The summed E-state index contributed by atoms with van der Waals surface area (Å²) in [7, 11) is -2.55. The first-order valence-electron chi connectivity index (χ1n) is 7.07. The lowest BCUT2D eigenvalue weighted by Crippen LogP contribution is -2.22. The van der Waals surface area contributed by atoms with Crippen LogP contribution in [0.4, 0.5) is 0 Å². The second kappa shape index (κ2) is 5.95. The highest BCUT2D eigenvalue weighted by atomic mass is 31.2. The molecule has 1 unspecified atom stereocenters. The van der Waals surface area contributed by atoms with Gasteiger partial charge in [0.25, 0.3) is 0 Å². The van der Waals surface area contributed by atoms with E-state index in [-0.39, 0.29) is 0 Å². The molecular formula is C17H19O2P. The Bertz CT molecular complexity index is 545. The largest absolute Gasteiger partial charge is 0.381 e. The maximum atomic E-state index is 13.7. The monoisotopic (exact) mass is 286 g/mol. The fourth-order valence-corrected chi connectivity index (χ4v) is 5.83. The zero-order chi connectivity index (χ0) is 13.8. The van der Waals surface area contributed by atoms with Crippen LogP contribution in [0.3, 0.4) is 0 Å². The minimum absolute atomic E-state index is 0.404. The number of hydrogen-bond acceptors (Lipinski definition) is 2. The van der Waals surface area contributed by atoms with Crippen molar-refractivity contribution >= 4 is 17.8 Å². The van der Waals surface area contributed by atoms with Crippen molar-refractivity contribution in [3.63, 3.8) is 0 Å². The maximum Gasteiger partial charge on any atom is 0.143 e. The molecule has 0 N–H and O–H groups in total. The molecule has 20 heavy (non-hydrogen) atoms. The quantitative estimate of drug-likeness (QED) is 0.808. The van der Waals surface area contributed by atoms with E-state index in [9.17, 15) is 4.57 Å². The van der Waals surface area contributed by atoms with E-state index < -0.39 is 7.14 Å². The lowest BCUT2D eigenvalue weighted by molar-refractivity contribution is 0.188. The molecule has 1 atom stereocenters. The molecule has 0 aliphatic carbocycles. The van der Waals surface area contributed by atoms with Crippen LogP contribution in [0.1, 0.15) is 6.42 Å². The molecular weight excluding hydrogens is 267 g/mol. The first-order valence-corrected chi connectivity index (χ1v) is 8.96. The summed E-state index contributed by atoms with van der Waals surface area (Å²) in [5.74, 6) is 0.404. The van der Waals surface area contributed by atoms with Gasteiger partial charge < -0.3 is 9.30 Å². The number of ether oxygens (including phenoxy) is 1. The second-order valence-corrected chi connectivity index (χ2v) is 8.20. The van der Waals surface area contributed by atoms with Crippen molar-refractivity contribution < 1.29 is 9.30 Å². The summed E-state index contributed by atoms with van der Waals surface area (Å²) in [6, 6.07) is 19.8. The molecule has 1 saturated heterocycles. The second-order valence-electron chi connectivity index (χ2n) is 5.32. The van der Waals surface area contributed by atoms with Gasteiger partial charge in [-0.25, -0.2) is 0 Å². The van der Waals surface area contributed by atoms with Crippen LogP contribution in [0.5, 0.6) is 0 Å². The molecule has 2 aromatic rings. The Labute approximate surface area is 120 Å². The normalized spacial score (nSPS) is 19.1. The predicted octanol–water partition coefficient (Wildman–Crippen LogP) is 3.04. The van der Waals surface area contributed by atoms with Crippen LogP contribution in [-0.2, 0) is 9.30 Å². The average Bonchev–Trinajstić information content (AvgIpc) is 3.02.